The first-order valence-electron chi connectivity index (χ1n) is 5.58. The molecule has 0 saturated carbocycles. The predicted molar refractivity (Wildman–Crippen MR) is 67.9 cm³/mol. The van der Waals surface area contributed by atoms with Crippen molar-refractivity contribution in [2.75, 3.05) is 11.9 Å². The molecule has 0 bridgehead atoms. The molecule has 3 heteroatoms. The SMILES string of the molecule is CC(C)=CCNc1ncccc1OC(C)C. The molecule has 1 aromatic heterocycles. The zero-order chi connectivity index (χ0) is 12.0. The first-order chi connectivity index (χ1) is 7.59. The van der Waals surface area contributed by atoms with Crippen LogP contribution in [0.5, 0.6) is 5.75 Å². The average Bonchev–Trinajstić information content (AvgIpc) is 2.19. The van der Waals surface area contributed by atoms with Crippen LogP contribution in [0.15, 0.2) is 30.0 Å². The Kier molecular flexibility index (Phi) is 4.83. The van der Waals surface area contributed by atoms with E-state index in [1.165, 1.54) is 5.57 Å². The first kappa shape index (κ1) is 12.6. The van der Waals surface area contributed by atoms with Crippen molar-refractivity contribution in [2.45, 2.75) is 33.8 Å². The molecule has 0 amide bonds. The van der Waals surface area contributed by atoms with E-state index in [0.717, 1.165) is 18.1 Å². The lowest BCUT2D eigenvalue weighted by Gasteiger charge is -2.13. The molecular weight excluding hydrogens is 200 g/mol. The van der Waals surface area contributed by atoms with Crippen LogP contribution in [0.3, 0.4) is 0 Å². The number of hydrogen-bond acceptors (Lipinski definition) is 3. The highest BCUT2D eigenvalue weighted by molar-refractivity contribution is 5.49. The van der Waals surface area contributed by atoms with E-state index in [1.807, 2.05) is 26.0 Å². The fourth-order valence-electron chi connectivity index (χ4n) is 1.22. The van der Waals surface area contributed by atoms with Gasteiger partial charge in [-0.3, -0.25) is 0 Å². The van der Waals surface area contributed by atoms with Crippen molar-refractivity contribution in [3.8, 4) is 5.75 Å². The van der Waals surface area contributed by atoms with E-state index in [2.05, 4.69) is 30.2 Å². The zero-order valence-corrected chi connectivity index (χ0v) is 10.4. The van der Waals surface area contributed by atoms with Crippen LogP contribution in [-0.2, 0) is 0 Å². The second-order valence-corrected chi connectivity index (χ2v) is 4.18. The lowest BCUT2D eigenvalue weighted by Crippen LogP contribution is -2.09. The number of nitrogens with one attached hydrogen (secondary N) is 1. The zero-order valence-electron chi connectivity index (χ0n) is 10.4. The van der Waals surface area contributed by atoms with Crippen molar-refractivity contribution in [3.05, 3.63) is 30.0 Å². The molecule has 0 radical (unpaired) electrons. The highest BCUT2D eigenvalue weighted by Gasteiger charge is 2.04. The van der Waals surface area contributed by atoms with Gasteiger partial charge < -0.3 is 10.1 Å². The Balaban J connectivity index is 2.67. The summed E-state index contributed by atoms with van der Waals surface area (Å²) in [7, 11) is 0. The second-order valence-electron chi connectivity index (χ2n) is 4.18. The van der Waals surface area contributed by atoms with E-state index in [-0.39, 0.29) is 6.10 Å². The van der Waals surface area contributed by atoms with Gasteiger partial charge in [0.25, 0.3) is 0 Å². The topological polar surface area (TPSA) is 34.2 Å². The summed E-state index contributed by atoms with van der Waals surface area (Å²) in [5, 5.41) is 3.24. The van der Waals surface area contributed by atoms with Gasteiger partial charge in [-0.05, 0) is 39.8 Å². The van der Waals surface area contributed by atoms with Gasteiger partial charge in [0.15, 0.2) is 11.6 Å². The fraction of sp³-hybridized carbons (Fsp3) is 0.462. The van der Waals surface area contributed by atoms with E-state index in [0.29, 0.717) is 0 Å². The van der Waals surface area contributed by atoms with Crippen molar-refractivity contribution in [2.24, 2.45) is 0 Å². The standard InChI is InChI=1S/C13H20N2O/c1-10(2)7-9-15-13-12(16-11(3)4)6-5-8-14-13/h5-8,11H,9H2,1-4H3,(H,14,15). The predicted octanol–water partition coefficient (Wildman–Crippen LogP) is 3.25. The summed E-state index contributed by atoms with van der Waals surface area (Å²) in [6, 6.07) is 3.81. The normalized spacial score (nSPS) is 10.1. The number of aromatic nitrogens is 1. The smallest absolute Gasteiger partial charge is 0.169 e. The molecule has 0 spiro atoms. The van der Waals surface area contributed by atoms with Crippen LogP contribution in [0, 0.1) is 0 Å². The van der Waals surface area contributed by atoms with Crippen LogP contribution in [0.2, 0.25) is 0 Å². The van der Waals surface area contributed by atoms with E-state index in [4.69, 9.17) is 4.74 Å². The molecule has 0 unspecified atom stereocenters. The van der Waals surface area contributed by atoms with Gasteiger partial charge in [0, 0.05) is 12.7 Å². The summed E-state index contributed by atoms with van der Waals surface area (Å²) in [4.78, 5) is 4.26. The molecule has 16 heavy (non-hydrogen) atoms. The summed E-state index contributed by atoms with van der Waals surface area (Å²) in [5.74, 6) is 1.60. The summed E-state index contributed by atoms with van der Waals surface area (Å²) in [5.41, 5.74) is 1.29. The summed E-state index contributed by atoms with van der Waals surface area (Å²) < 4.78 is 5.66. The third kappa shape index (κ3) is 4.34. The fourth-order valence-corrected chi connectivity index (χ4v) is 1.22. The van der Waals surface area contributed by atoms with E-state index in [1.54, 1.807) is 6.20 Å². The summed E-state index contributed by atoms with van der Waals surface area (Å²) in [6.07, 6.45) is 4.04. The summed E-state index contributed by atoms with van der Waals surface area (Å²) >= 11 is 0. The van der Waals surface area contributed by atoms with Crippen molar-refractivity contribution >= 4 is 5.82 Å². The molecule has 0 aliphatic heterocycles. The van der Waals surface area contributed by atoms with Crippen LogP contribution in [0.25, 0.3) is 0 Å². The molecule has 0 atom stereocenters. The molecule has 88 valence electrons. The molecule has 1 rings (SSSR count). The van der Waals surface area contributed by atoms with Crippen molar-refractivity contribution in [3.63, 3.8) is 0 Å². The number of allylic oxidation sites excluding steroid dienone is 1. The first-order valence-corrected chi connectivity index (χ1v) is 5.58. The summed E-state index contributed by atoms with van der Waals surface area (Å²) in [6.45, 7) is 8.94. The number of pyridine rings is 1. The van der Waals surface area contributed by atoms with Crippen molar-refractivity contribution < 1.29 is 4.74 Å². The largest absolute Gasteiger partial charge is 0.487 e. The number of hydrogen-bond donors (Lipinski definition) is 1. The third-order valence-electron chi connectivity index (χ3n) is 1.91. The molecular formula is C13H20N2O. The van der Waals surface area contributed by atoms with E-state index < -0.39 is 0 Å². The number of anilines is 1. The minimum absolute atomic E-state index is 0.160. The van der Waals surface area contributed by atoms with Crippen molar-refractivity contribution in [1.82, 2.24) is 4.98 Å². The molecule has 1 N–H and O–H groups in total. The Labute approximate surface area is 97.5 Å². The lowest BCUT2D eigenvalue weighted by atomic mass is 10.3. The Bertz CT molecular complexity index is 355. The van der Waals surface area contributed by atoms with Crippen molar-refractivity contribution in [1.29, 1.82) is 0 Å². The molecule has 0 aliphatic rings. The molecule has 1 aromatic rings. The Morgan fingerprint density at radius 1 is 1.50 bits per heavy atom. The third-order valence-corrected chi connectivity index (χ3v) is 1.91. The number of ether oxygens (including phenoxy) is 1. The Hall–Kier alpha value is -1.51. The van der Waals surface area contributed by atoms with E-state index >= 15 is 0 Å². The maximum absolute atomic E-state index is 5.66. The van der Waals surface area contributed by atoms with Crippen LogP contribution >= 0.6 is 0 Å². The van der Waals surface area contributed by atoms with Gasteiger partial charge in [0.05, 0.1) is 6.10 Å². The van der Waals surface area contributed by atoms with Crippen LogP contribution in [-0.4, -0.2) is 17.6 Å². The second kappa shape index (κ2) is 6.16. The Morgan fingerprint density at radius 3 is 2.88 bits per heavy atom. The lowest BCUT2D eigenvalue weighted by molar-refractivity contribution is 0.243. The molecule has 0 aromatic carbocycles. The molecule has 0 saturated heterocycles. The monoisotopic (exact) mass is 220 g/mol. The van der Waals surface area contributed by atoms with Gasteiger partial charge >= 0.3 is 0 Å². The maximum Gasteiger partial charge on any atom is 0.169 e. The quantitative estimate of drug-likeness (QED) is 0.773. The molecule has 0 fully saturated rings. The van der Waals surface area contributed by atoms with Gasteiger partial charge in [-0.1, -0.05) is 11.6 Å². The molecule has 1 heterocycles. The minimum atomic E-state index is 0.160. The number of rotatable bonds is 5. The minimum Gasteiger partial charge on any atom is -0.487 e. The molecule has 3 nitrogen and oxygen atoms in total. The van der Waals surface area contributed by atoms with Gasteiger partial charge in [-0.25, -0.2) is 4.98 Å². The molecule has 0 aliphatic carbocycles. The van der Waals surface area contributed by atoms with Crippen LogP contribution in [0.1, 0.15) is 27.7 Å². The van der Waals surface area contributed by atoms with Gasteiger partial charge in [-0.2, -0.15) is 0 Å². The Morgan fingerprint density at radius 2 is 2.25 bits per heavy atom. The highest BCUT2D eigenvalue weighted by Crippen LogP contribution is 2.21. The van der Waals surface area contributed by atoms with Gasteiger partial charge in [0.2, 0.25) is 0 Å². The van der Waals surface area contributed by atoms with E-state index in [9.17, 15) is 0 Å². The van der Waals surface area contributed by atoms with Gasteiger partial charge in [-0.15, -0.1) is 0 Å². The van der Waals surface area contributed by atoms with Crippen LogP contribution < -0.4 is 10.1 Å². The average molecular weight is 220 g/mol. The van der Waals surface area contributed by atoms with Crippen LogP contribution in [0.4, 0.5) is 5.82 Å². The maximum atomic E-state index is 5.66. The van der Waals surface area contributed by atoms with Gasteiger partial charge in [0.1, 0.15) is 0 Å². The highest BCUT2D eigenvalue weighted by atomic mass is 16.5. The number of nitrogens with zero attached hydrogens (tertiary/aromatic N) is 1.